The number of aromatic amines is 1. The Labute approximate surface area is 159 Å². The Bertz CT molecular complexity index is 1030. The number of carbonyl (C=O) groups is 1. The van der Waals surface area contributed by atoms with Gasteiger partial charge in [0.15, 0.2) is 0 Å². The van der Waals surface area contributed by atoms with Crippen molar-refractivity contribution in [2.75, 3.05) is 0 Å². The Hall–Kier alpha value is -3.52. The number of nitrogens with one attached hydrogen (secondary N) is 2. The minimum Gasteiger partial charge on any atom is -0.272 e. The Morgan fingerprint density at radius 2 is 1.96 bits per heavy atom. The fourth-order valence-corrected chi connectivity index (χ4v) is 2.44. The summed E-state index contributed by atoms with van der Waals surface area (Å²) in [6.45, 7) is 1.64. The average molecular weight is 384 g/mol. The van der Waals surface area contributed by atoms with Crippen LogP contribution in [0.5, 0.6) is 0 Å². The number of H-pyrrole nitrogens is 1. The van der Waals surface area contributed by atoms with Gasteiger partial charge in [0, 0.05) is 28.3 Å². The maximum absolute atomic E-state index is 12.2. The van der Waals surface area contributed by atoms with E-state index in [0.717, 1.165) is 5.56 Å². The first-order valence-electron chi connectivity index (χ1n) is 7.85. The predicted octanol–water partition coefficient (Wildman–Crippen LogP) is 3.79. The summed E-state index contributed by atoms with van der Waals surface area (Å²) in [6, 6.07) is 14.7. The number of nitro groups is 1. The Kier molecular flexibility index (Phi) is 5.28. The molecule has 0 fully saturated rings. The molecular formula is C18H14ClN5O3. The van der Waals surface area contributed by atoms with Crippen LogP contribution >= 0.6 is 11.6 Å². The highest BCUT2D eigenvalue weighted by molar-refractivity contribution is 6.30. The molecule has 136 valence electrons. The lowest BCUT2D eigenvalue weighted by atomic mass is 10.1. The molecule has 0 unspecified atom stereocenters. The smallest absolute Gasteiger partial charge is 0.272 e. The van der Waals surface area contributed by atoms with Gasteiger partial charge in [-0.3, -0.25) is 20.0 Å². The fraction of sp³-hybridized carbons (Fsp3) is 0.0556. The van der Waals surface area contributed by atoms with Crippen LogP contribution in [0.25, 0.3) is 11.3 Å². The van der Waals surface area contributed by atoms with Gasteiger partial charge < -0.3 is 0 Å². The molecule has 0 aliphatic heterocycles. The molecule has 9 heteroatoms. The van der Waals surface area contributed by atoms with Gasteiger partial charge >= 0.3 is 0 Å². The SMILES string of the molecule is C/C(=N\NC(=O)c1cc(-c2ccc(Cl)cc2)n[nH]1)c1cccc([N+](=O)[O-])c1. The van der Waals surface area contributed by atoms with E-state index in [0.29, 0.717) is 22.0 Å². The molecule has 0 saturated carbocycles. The summed E-state index contributed by atoms with van der Waals surface area (Å²) in [4.78, 5) is 22.6. The summed E-state index contributed by atoms with van der Waals surface area (Å²) in [6.07, 6.45) is 0. The van der Waals surface area contributed by atoms with Crippen molar-refractivity contribution in [1.82, 2.24) is 15.6 Å². The minimum absolute atomic E-state index is 0.0467. The van der Waals surface area contributed by atoms with E-state index in [2.05, 4.69) is 20.7 Å². The maximum Gasteiger partial charge on any atom is 0.289 e. The highest BCUT2D eigenvalue weighted by Gasteiger charge is 2.12. The zero-order valence-corrected chi connectivity index (χ0v) is 14.9. The largest absolute Gasteiger partial charge is 0.289 e. The Balaban J connectivity index is 1.72. The van der Waals surface area contributed by atoms with E-state index in [1.54, 1.807) is 49.4 Å². The third-order valence-corrected chi connectivity index (χ3v) is 4.01. The molecule has 1 amide bonds. The van der Waals surface area contributed by atoms with Gasteiger partial charge in [-0.15, -0.1) is 0 Å². The van der Waals surface area contributed by atoms with Gasteiger partial charge in [0.2, 0.25) is 0 Å². The molecule has 27 heavy (non-hydrogen) atoms. The monoisotopic (exact) mass is 383 g/mol. The average Bonchev–Trinajstić information content (AvgIpc) is 3.16. The molecule has 3 aromatic rings. The third kappa shape index (κ3) is 4.36. The van der Waals surface area contributed by atoms with Gasteiger partial charge in [-0.05, 0) is 25.1 Å². The van der Waals surface area contributed by atoms with E-state index in [-0.39, 0.29) is 11.4 Å². The van der Waals surface area contributed by atoms with E-state index in [9.17, 15) is 14.9 Å². The van der Waals surface area contributed by atoms with E-state index in [1.807, 2.05) is 0 Å². The minimum atomic E-state index is -0.488. The maximum atomic E-state index is 12.2. The van der Waals surface area contributed by atoms with E-state index in [4.69, 9.17) is 11.6 Å². The number of hydrazone groups is 1. The number of rotatable bonds is 5. The number of benzene rings is 2. The van der Waals surface area contributed by atoms with Gasteiger partial charge in [0.05, 0.1) is 16.3 Å². The second-order valence-electron chi connectivity index (χ2n) is 5.62. The first-order chi connectivity index (χ1) is 12.9. The summed E-state index contributed by atoms with van der Waals surface area (Å²) in [5, 5.41) is 22.2. The number of nitro benzene ring substituents is 1. The van der Waals surface area contributed by atoms with Gasteiger partial charge in [0.25, 0.3) is 11.6 Å². The number of non-ortho nitro benzene ring substituents is 1. The van der Waals surface area contributed by atoms with Crippen molar-refractivity contribution >= 4 is 28.9 Å². The molecule has 0 aliphatic rings. The topological polar surface area (TPSA) is 113 Å². The standard InChI is InChI=1S/C18H14ClN5O3/c1-11(13-3-2-4-15(9-13)24(26)27)20-23-18(25)17-10-16(21-22-17)12-5-7-14(19)8-6-12/h2-10H,1H3,(H,21,22)(H,23,25)/b20-11+. The Morgan fingerprint density at radius 1 is 1.22 bits per heavy atom. The van der Waals surface area contributed by atoms with Gasteiger partial charge in [-0.2, -0.15) is 10.2 Å². The van der Waals surface area contributed by atoms with Gasteiger partial charge in [-0.1, -0.05) is 35.9 Å². The summed E-state index contributed by atoms with van der Waals surface area (Å²) in [5.74, 6) is -0.479. The van der Waals surface area contributed by atoms with Crippen LogP contribution in [0.15, 0.2) is 59.7 Å². The normalized spacial score (nSPS) is 11.3. The Morgan fingerprint density at radius 3 is 2.67 bits per heavy atom. The lowest BCUT2D eigenvalue weighted by Crippen LogP contribution is -2.19. The molecule has 1 heterocycles. The zero-order valence-electron chi connectivity index (χ0n) is 14.1. The van der Waals surface area contributed by atoms with Crippen LogP contribution in [0.1, 0.15) is 23.0 Å². The van der Waals surface area contributed by atoms with Crippen molar-refractivity contribution in [3.8, 4) is 11.3 Å². The van der Waals surface area contributed by atoms with Crippen LogP contribution in [0, 0.1) is 10.1 Å². The van der Waals surface area contributed by atoms with E-state index >= 15 is 0 Å². The lowest BCUT2D eigenvalue weighted by Gasteiger charge is -2.02. The van der Waals surface area contributed by atoms with Crippen molar-refractivity contribution in [1.29, 1.82) is 0 Å². The molecule has 0 bridgehead atoms. The molecule has 0 radical (unpaired) electrons. The van der Waals surface area contributed by atoms with Crippen LogP contribution in [0.2, 0.25) is 5.02 Å². The van der Waals surface area contributed by atoms with Crippen molar-refractivity contribution in [3.63, 3.8) is 0 Å². The second-order valence-corrected chi connectivity index (χ2v) is 6.06. The fourth-order valence-electron chi connectivity index (χ4n) is 2.31. The first kappa shape index (κ1) is 18.3. The van der Waals surface area contributed by atoms with Crippen molar-refractivity contribution in [3.05, 3.63) is 81.0 Å². The number of hydrogen-bond acceptors (Lipinski definition) is 5. The summed E-state index contributed by atoms with van der Waals surface area (Å²) >= 11 is 5.86. The van der Waals surface area contributed by atoms with Crippen molar-refractivity contribution in [2.24, 2.45) is 5.10 Å². The summed E-state index contributed by atoms with van der Waals surface area (Å²) in [5.41, 5.74) is 4.97. The van der Waals surface area contributed by atoms with Crippen LogP contribution in [-0.4, -0.2) is 26.7 Å². The summed E-state index contributed by atoms with van der Waals surface area (Å²) in [7, 11) is 0. The van der Waals surface area contributed by atoms with Crippen LogP contribution in [0.3, 0.4) is 0 Å². The number of nitrogens with zero attached hydrogens (tertiary/aromatic N) is 3. The molecule has 2 aromatic carbocycles. The zero-order chi connectivity index (χ0) is 19.4. The predicted molar refractivity (Wildman–Crippen MR) is 102 cm³/mol. The number of aromatic nitrogens is 2. The van der Waals surface area contributed by atoms with Crippen molar-refractivity contribution in [2.45, 2.75) is 6.92 Å². The molecule has 0 atom stereocenters. The number of hydrogen-bond donors (Lipinski definition) is 2. The second kappa shape index (κ2) is 7.79. The number of carbonyl (C=O) groups excluding carboxylic acids is 1. The lowest BCUT2D eigenvalue weighted by molar-refractivity contribution is -0.384. The van der Waals surface area contributed by atoms with Crippen molar-refractivity contribution < 1.29 is 9.72 Å². The molecule has 2 N–H and O–H groups in total. The molecule has 3 rings (SSSR count). The molecular weight excluding hydrogens is 370 g/mol. The quantitative estimate of drug-likeness (QED) is 0.396. The van der Waals surface area contributed by atoms with E-state index in [1.165, 1.54) is 12.1 Å². The molecule has 0 saturated heterocycles. The first-order valence-corrected chi connectivity index (χ1v) is 8.22. The highest BCUT2D eigenvalue weighted by atomic mass is 35.5. The van der Waals surface area contributed by atoms with E-state index < -0.39 is 10.8 Å². The summed E-state index contributed by atoms with van der Waals surface area (Å²) < 4.78 is 0. The number of halogens is 1. The highest BCUT2D eigenvalue weighted by Crippen LogP contribution is 2.20. The molecule has 0 aliphatic carbocycles. The molecule has 8 nitrogen and oxygen atoms in total. The number of amides is 1. The molecule has 1 aromatic heterocycles. The van der Waals surface area contributed by atoms with Gasteiger partial charge in [-0.25, -0.2) is 5.43 Å². The molecule has 0 spiro atoms. The third-order valence-electron chi connectivity index (χ3n) is 3.76. The van der Waals surface area contributed by atoms with Crippen LogP contribution in [0.4, 0.5) is 5.69 Å². The van der Waals surface area contributed by atoms with Gasteiger partial charge in [0.1, 0.15) is 5.69 Å². The van der Waals surface area contributed by atoms with Crippen LogP contribution < -0.4 is 5.43 Å². The van der Waals surface area contributed by atoms with Crippen LogP contribution in [-0.2, 0) is 0 Å².